The standard InChI is InChI=1S/C18H23ClN2O/c1-12(2)7-13(3)11-22-18-10-21-17(9-16(18)19)15-5-6-20-14(4)8-15/h5-6,8-10,12-13H,7,11H2,1-4H3. The minimum absolute atomic E-state index is 0.499. The van der Waals surface area contributed by atoms with E-state index in [1.165, 1.54) is 0 Å². The van der Waals surface area contributed by atoms with E-state index in [0.29, 0.717) is 29.2 Å². The average Bonchev–Trinajstić information content (AvgIpc) is 2.45. The van der Waals surface area contributed by atoms with Gasteiger partial charge in [-0.15, -0.1) is 0 Å². The average molecular weight is 319 g/mol. The first-order chi connectivity index (χ1) is 10.5. The van der Waals surface area contributed by atoms with Gasteiger partial charge in [0, 0.05) is 17.5 Å². The fourth-order valence-corrected chi connectivity index (χ4v) is 2.70. The van der Waals surface area contributed by atoms with Gasteiger partial charge in [-0.25, -0.2) is 0 Å². The van der Waals surface area contributed by atoms with Gasteiger partial charge in [-0.2, -0.15) is 0 Å². The Morgan fingerprint density at radius 2 is 1.95 bits per heavy atom. The van der Waals surface area contributed by atoms with Gasteiger partial charge in [0.2, 0.25) is 0 Å². The quantitative estimate of drug-likeness (QED) is 0.737. The maximum atomic E-state index is 6.33. The maximum absolute atomic E-state index is 6.33. The van der Waals surface area contributed by atoms with E-state index in [2.05, 4.69) is 30.7 Å². The van der Waals surface area contributed by atoms with E-state index < -0.39 is 0 Å². The molecular formula is C18H23ClN2O. The number of hydrogen-bond acceptors (Lipinski definition) is 3. The zero-order chi connectivity index (χ0) is 16.1. The van der Waals surface area contributed by atoms with Crippen LogP contribution in [0, 0.1) is 18.8 Å². The highest BCUT2D eigenvalue weighted by molar-refractivity contribution is 6.32. The number of rotatable bonds is 6. The van der Waals surface area contributed by atoms with Gasteiger partial charge in [-0.1, -0.05) is 32.4 Å². The summed E-state index contributed by atoms with van der Waals surface area (Å²) in [5, 5.41) is 0.594. The van der Waals surface area contributed by atoms with Gasteiger partial charge in [0.1, 0.15) is 0 Å². The van der Waals surface area contributed by atoms with Crippen LogP contribution in [-0.4, -0.2) is 16.6 Å². The molecule has 2 rings (SSSR count). The molecule has 22 heavy (non-hydrogen) atoms. The predicted octanol–water partition coefficient (Wildman–Crippen LogP) is 5.17. The summed E-state index contributed by atoms with van der Waals surface area (Å²) in [5.41, 5.74) is 2.80. The summed E-state index contributed by atoms with van der Waals surface area (Å²) >= 11 is 6.33. The zero-order valence-corrected chi connectivity index (χ0v) is 14.4. The van der Waals surface area contributed by atoms with Crippen molar-refractivity contribution in [2.24, 2.45) is 11.8 Å². The maximum Gasteiger partial charge on any atom is 0.156 e. The van der Waals surface area contributed by atoms with E-state index in [0.717, 1.165) is 23.4 Å². The molecule has 2 aromatic heterocycles. The van der Waals surface area contributed by atoms with Crippen molar-refractivity contribution in [1.29, 1.82) is 0 Å². The predicted molar refractivity (Wildman–Crippen MR) is 91.3 cm³/mol. The van der Waals surface area contributed by atoms with E-state index in [1.54, 1.807) is 12.4 Å². The molecule has 118 valence electrons. The third-order valence-electron chi connectivity index (χ3n) is 3.41. The van der Waals surface area contributed by atoms with Crippen LogP contribution >= 0.6 is 11.6 Å². The molecule has 0 spiro atoms. The fourth-order valence-electron chi connectivity index (χ4n) is 2.49. The van der Waals surface area contributed by atoms with Gasteiger partial charge >= 0.3 is 0 Å². The van der Waals surface area contributed by atoms with Crippen LogP contribution in [0.1, 0.15) is 32.9 Å². The van der Waals surface area contributed by atoms with Crippen LogP contribution in [0.25, 0.3) is 11.3 Å². The first kappa shape index (κ1) is 16.8. The van der Waals surface area contributed by atoms with Gasteiger partial charge in [-0.05, 0) is 43.4 Å². The molecule has 0 aliphatic carbocycles. The highest BCUT2D eigenvalue weighted by Crippen LogP contribution is 2.29. The van der Waals surface area contributed by atoms with Gasteiger partial charge in [-0.3, -0.25) is 9.97 Å². The van der Waals surface area contributed by atoms with E-state index in [1.807, 2.05) is 25.1 Å². The van der Waals surface area contributed by atoms with Crippen LogP contribution in [0.3, 0.4) is 0 Å². The SMILES string of the molecule is Cc1cc(-c2cc(Cl)c(OCC(C)CC(C)C)cn2)ccn1. The van der Waals surface area contributed by atoms with Crippen LogP contribution in [-0.2, 0) is 0 Å². The lowest BCUT2D eigenvalue weighted by molar-refractivity contribution is 0.238. The lowest BCUT2D eigenvalue weighted by Gasteiger charge is -2.15. The summed E-state index contributed by atoms with van der Waals surface area (Å²) in [6.45, 7) is 9.24. The lowest BCUT2D eigenvalue weighted by Crippen LogP contribution is -2.11. The van der Waals surface area contributed by atoms with E-state index in [-0.39, 0.29) is 0 Å². The van der Waals surface area contributed by atoms with Crippen molar-refractivity contribution in [3.63, 3.8) is 0 Å². The largest absolute Gasteiger partial charge is 0.490 e. The molecule has 1 unspecified atom stereocenters. The third-order valence-corrected chi connectivity index (χ3v) is 3.70. The Morgan fingerprint density at radius 1 is 1.18 bits per heavy atom. The molecule has 0 saturated carbocycles. The molecule has 2 aromatic rings. The topological polar surface area (TPSA) is 35.0 Å². The molecule has 3 nitrogen and oxygen atoms in total. The number of aryl methyl sites for hydroxylation is 1. The summed E-state index contributed by atoms with van der Waals surface area (Å²) in [4.78, 5) is 8.64. The number of hydrogen-bond donors (Lipinski definition) is 0. The van der Waals surface area contributed by atoms with Crippen molar-refractivity contribution in [3.8, 4) is 17.0 Å². The molecule has 0 bridgehead atoms. The van der Waals surface area contributed by atoms with Gasteiger partial charge in [0.25, 0.3) is 0 Å². The van der Waals surface area contributed by atoms with Crippen molar-refractivity contribution >= 4 is 11.6 Å². The second-order valence-corrected chi connectivity index (χ2v) is 6.64. The van der Waals surface area contributed by atoms with E-state index in [9.17, 15) is 0 Å². The Bertz CT molecular complexity index is 628. The molecule has 0 amide bonds. The van der Waals surface area contributed by atoms with Gasteiger partial charge in [0.15, 0.2) is 5.75 Å². The number of halogens is 1. The van der Waals surface area contributed by atoms with Crippen molar-refractivity contribution in [2.45, 2.75) is 34.1 Å². The van der Waals surface area contributed by atoms with E-state index >= 15 is 0 Å². The molecule has 0 radical (unpaired) electrons. The minimum Gasteiger partial charge on any atom is -0.490 e. The van der Waals surface area contributed by atoms with E-state index in [4.69, 9.17) is 16.3 Å². The molecule has 4 heteroatoms. The smallest absolute Gasteiger partial charge is 0.156 e. The Hall–Kier alpha value is -1.61. The molecule has 0 N–H and O–H groups in total. The highest BCUT2D eigenvalue weighted by atomic mass is 35.5. The normalized spacial score (nSPS) is 12.5. The molecular weight excluding hydrogens is 296 g/mol. The second-order valence-electron chi connectivity index (χ2n) is 6.23. The van der Waals surface area contributed by atoms with Gasteiger partial charge < -0.3 is 4.74 Å². The minimum atomic E-state index is 0.499. The molecule has 0 aliphatic heterocycles. The summed E-state index contributed by atoms with van der Waals surface area (Å²) in [6.07, 6.45) is 4.62. The molecule has 1 atom stereocenters. The number of nitrogens with zero attached hydrogens (tertiary/aromatic N) is 2. The first-order valence-electron chi connectivity index (χ1n) is 7.67. The summed E-state index contributed by atoms with van der Waals surface area (Å²) < 4.78 is 5.81. The molecule has 0 fully saturated rings. The Morgan fingerprint density at radius 3 is 2.59 bits per heavy atom. The number of aromatic nitrogens is 2. The molecule has 0 aromatic carbocycles. The zero-order valence-electron chi connectivity index (χ0n) is 13.6. The summed E-state index contributed by atoms with van der Waals surface area (Å²) in [6, 6.07) is 5.76. The molecule has 0 aliphatic rings. The van der Waals surface area contributed by atoms with Crippen molar-refractivity contribution in [3.05, 3.63) is 41.3 Å². The Kier molecular flexibility index (Phi) is 5.78. The monoisotopic (exact) mass is 318 g/mol. The fraction of sp³-hybridized carbons (Fsp3) is 0.444. The second kappa shape index (κ2) is 7.59. The third kappa shape index (κ3) is 4.70. The number of pyridine rings is 2. The van der Waals surface area contributed by atoms with Crippen LogP contribution in [0.5, 0.6) is 5.75 Å². The van der Waals surface area contributed by atoms with Crippen LogP contribution in [0.4, 0.5) is 0 Å². The Labute approximate surface area is 137 Å². The van der Waals surface area contributed by atoms with Crippen LogP contribution in [0.2, 0.25) is 5.02 Å². The molecule has 2 heterocycles. The van der Waals surface area contributed by atoms with Crippen LogP contribution < -0.4 is 4.74 Å². The summed E-state index contributed by atoms with van der Waals surface area (Å²) in [5.74, 6) is 1.81. The van der Waals surface area contributed by atoms with Crippen molar-refractivity contribution in [2.75, 3.05) is 6.61 Å². The van der Waals surface area contributed by atoms with Gasteiger partial charge in [0.05, 0.1) is 23.5 Å². The highest BCUT2D eigenvalue weighted by Gasteiger charge is 2.10. The lowest BCUT2D eigenvalue weighted by atomic mass is 10.00. The first-order valence-corrected chi connectivity index (χ1v) is 8.05. The van der Waals surface area contributed by atoms with Crippen LogP contribution in [0.15, 0.2) is 30.6 Å². The Balaban J connectivity index is 2.07. The van der Waals surface area contributed by atoms with Crippen molar-refractivity contribution in [1.82, 2.24) is 9.97 Å². The summed E-state index contributed by atoms with van der Waals surface area (Å²) in [7, 11) is 0. The van der Waals surface area contributed by atoms with Crippen molar-refractivity contribution < 1.29 is 4.74 Å². The number of ether oxygens (including phenoxy) is 1. The molecule has 0 saturated heterocycles.